The van der Waals surface area contributed by atoms with Crippen LogP contribution in [0.2, 0.25) is 0 Å². The molecule has 1 amide bonds. The van der Waals surface area contributed by atoms with Crippen LogP contribution in [0.5, 0.6) is 0 Å². The number of nitrogens with zero attached hydrogens (tertiary/aromatic N) is 4. The van der Waals surface area contributed by atoms with Gasteiger partial charge in [-0.05, 0) is 23.8 Å². The topological polar surface area (TPSA) is 72.7 Å². The number of carbonyl (C=O) groups is 1. The second-order valence-corrected chi connectivity index (χ2v) is 4.81. The van der Waals surface area contributed by atoms with Crippen molar-refractivity contribution in [2.24, 2.45) is 0 Å². The molecule has 1 aromatic carbocycles. The van der Waals surface area contributed by atoms with Crippen molar-refractivity contribution >= 4 is 17.7 Å². The van der Waals surface area contributed by atoms with E-state index >= 15 is 0 Å². The summed E-state index contributed by atoms with van der Waals surface area (Å²) in [6, 6.07) is 9.51. The van der Waals surface area contributed by atoms with Crippen molar-refractivity contribution in [1.82, 2.24) is 19.7 Å². The van der Waals surface area contributed by atoms with Gasteiger partial charge in [-0.3, -0.25) is 19.4 Å². The van der Waals surface area contributed by atoms with Crippen molar-refractivity contribution in [2.75, 3.05) is 5.32 Å². The minimum atomic E-state index is -0.219. The Kier molecular flexibility index (Phi) is 4.54. The number of carbonyl (C=O) groups excluding carboxylic acids is 1. The zero-order valence-electron chi connectivity index (χ0n) is 12.3. The van der Waals surface area contributed by atoms with Gasteiger partial charge in [-0.25, -0.2) is 0 Å². The first-order chi connectivity index (χ1) is 11.3. The molecule has 3 rings (SSSR count). The summed E-state index contributed by atoms with van der Waals surface area (Å²) in [5.74, 6) is -0.219. The van der Waals surface area contributed by atoms with E-state index in [4.69, 9.17) is 0 Å². The Morgan fingerprint density at radius 3 is 2.87 bits per heavy atom. The summed E-state index contributed by atoms with van der Waals surface area (Å²) < 4.78 is 1.81. The van der Waals surface area contributed by atoms with Crippen molar-refractivity contribution < 1.29 is 4.79 Å². The molecule has 114 valence electrons. The van der Waals surface area contributed by atoms with E-state index in [0.717, 1.165) is 11.3 Å². The van der Waals surface area contributed by atoms with Gasteiger partial charge < -0.3 is 5.32 Å². The molecule has 2 heterocycles. The molecule has 0 saturated heterocycles. The Bertz CT molecular complexity index is 797. The molecule has 0 saturated carbocycles. The third-order valence-corrected chi connectivity index (χ3v) is 3.16. The number of hydrogen-bond acceptors (Lipinski definition) is 4. The van der Waals surface area contributed by atoms with Gasteiger partial charge >= 0.3 is 0 Å². The molecular formula is C17H15N5O. The lowest BCUT2D eigenvalue weighted by Gasteiger charge is -2.10. The molecule has 0 unspecified atom stereocenters. The Morgan fingerprint density at radius 2 is 2.09 bits per heavy atom. The van der Waals surface area contributed by atoms with Gasteiger partial charge in [0.05, 0.1) is 18.4 Å². The zero-order valence-corrected chi connectivity index (χ0v) is 12.3. The fraction of sp³-hybridized carbons (Fsp3) is 0.0588. The van der Waals surface area contributed by atoms with Gasteiger partial charge in [0.2, 0.25) is 5.91 Å². The third kappa shape index (κ3) is 4.10. The molecule has 0 aliphatic rings. The highest BCUT2D eigenvalue weighted by Gasteiger charge is 2.05. The molecule has 0 bridgehead atoms. The van der Waals surface area contributed by atoms with Crippen LogP contribution in [0.4, 0.5) is 5.69 Å². The van der Waals surface area contributed by atoms with Gasteiger partial charge in [0, 0.05) is 36.6 Å². The van der Waals surface area contributed by atoms with E-state index in [1.165, 1.54) is 6.08 Å². The molecule has 0 aliphatic heterocycles. The van der Waals surface area contributed by atoms with Gasteiger partial charge in [0.25, 0.3) is 0 Å². The van der Waals surface area contributed by atoms with E-state index < -0.39 is 0 Å². The van der Waals surface area contributed by atoms with Crippen molar-refractivity contribution in [2.45, 2.75) is 6.54 Å². The van der Waals surface area contributed by atoms with Crippen molar-refractivity contribution in [3.8, 4) is 0 Å². The third-order valence-electron chi connectivity index (χ3n) is 3.16. The van der Waals surface area contributed by atoms with E-state index in [-0.39, 0.29) is 5.91 Å². The molecule has 0 radical (unpaired) electrons. The Labute approximate surface area is 133 Å². The number of hydrogen-bond donors (Lipinski definition) is 1. The summed E-state index contributed by atoms with van der Waals surface area (Å²) in [5.41, 5.74) is 2.38. The average Bonchev–Trinajstić information content (AvgIpc) is 3.09. The van der Waals surface area contributed by atoms with Crippen LogP contribution in [0.25, 0.3) is 6.08 Å². The monoisotopic (exact) mass is 305 g/mol. The molecule has 3 aromatic rings. The molecule has 1 N–H and O–H groups in total. The predicted octanol–water partition coefficient (Wildman–Crippen LogP) is 2.37. The Hall–Kier alpha value is -3.28. The number of nitrogens with one attached hydrogen (secondary N) is 1. The van der Waals surface area contributed by atoms with E-state index in [1.807, 2.05) is 36.5 Å². The number of anilines is 1. The quantitative estimate of drug-likeness (QED) is 0.735. The zero-order chi connectivity index (χ0) is 15.9. The fourth-order valence-electron chi connectivity index (χ4n) is 2.08. The van der Waals surface area contributed by atoms with Crippen LogP contribution < -0.4 is 5.32 Å². The minimum Gasteiger partial charge on any atom is -0.322 e. The lowest BCUT2D eigenvalue weighted by molar-refractivity contribution is -0.111. The number of aromatic nitrogens is 4. The van der Waals surface area contributed by atoms with Crippen LogP contribution in [0.3, 0.4) is 0 Å². The van der Waals surface area contributed by atoms with Crippen LogP contribution >= 0.6 is 0 Å². The summed E-state index contributed by atoms with van der Waals surface area (Å²) in [5, 5.41) is 7.06. The van der Waals surface area contributed by atoms with Crippen LogP contribution in [-0.2, 0) is 11.3 Å². The molecule has 6 nitrogen and oxygen atoms in total. The summed E-state index contributed by atoms with van der Waals surface area (Å²) >= 11 is 0. The maximum absolute atomic E-state index is 12.1. The summed E-state index contributed by atoms with van der Waals surface area (Å²) in [7, 11) is 0. The van der Waals surface area contributed by atoms with Crippen LogP contribution in [0.1, 0.15) is 11.3 Å². The van der Waals surface area contributed by atoms with Gasteiger partial charge in [0.15, 0.2) is 0 Å². The number of benzene rings is 1. The molecule has 0 atom stereocenters. The van der Waals surface area contributed by atoms with Crippen molar-refractivity contribution in [3.63, 3.8) is 0 Å². The van der Waals surface area contributed by atoms with E-state index in [0.29, 0.717) is 12.2 Å². The summed E-state index contributed by atoms with van der Waals surface area (Å²) in [6.45, 7) is 0.595. The van der Waals surface area contributed by atoms with Gasteiger partial charge in [0.1, 0.15) is 0 Å². The molecule has 6 heteroatoms. The molecule has 23 heavy (non-hydrogen) atoms. The summed E-state index contributed by atoms with van der Waals surface area (Å²) in [6.07, 6.45) is 11.4. The van der Waals surface area contributed by atoms with E-state index in [9.17, 15) is 4.79 Å². The molecule has 2 aromatic heterocycles. The molecule has 0 aliphatic carbocycles. The highest BCUT2D eigenvalue weighted by atomic mass is 16.1. The predicted molar refractivity (Wildman–Crippen MR) is 87.5 cm³/mol. The SMILES string of the molecule is O=C(/C=C/c1cnccn1)Nc1ccccc1Cn1cccn1. The van der Waals surface area contributed by atoms with Crippen LogP contribution in [0, 0.1) is 0 Å². The number of amides is 1. The average molecular weight is 305 g/mol. The van der Waals surface area contributed by atoms with E-state index in [2.05, 4.69) is 20.4 Å². The molecule has 0 fully saturated rings. The van der Waals surface area contributed by atoms with Crippen LogP contribution in [0.15, 0.2) is 67.4 Å². The lowest BCUT2D eigenvalue weighted by Crippen LogP contribution is -2.11. The highest BCUT2D eigenvalue weighted by Crippen LogP contribution is 2.16. The fourth-order valence-corrected chi connectivity index (χ4v) is 2.08. The van der Waals surface area contributed by atoms with Crippen molar-refractivity contribution in [1.29, 1.82) is 0 Å². The van der Waals surface area contributed by atoms with E-state index in [1.54, 1.807) is 35.5 Å². The second kappa shape index (κ2) is 7.13. The largest absolute Gasteiger partial charge is 0.322 e. The second-order valence-electron chi connectivity index (χ2n) is 4.81. The maximum atomic E-state index is 12.1. The van der Waals surface area contributed by atoms with Gasteiger partial charge in [-0.2, -0.15) is 5.10 Å². The van der Waals surface area contributed by atoms with Crippen molar-refractivity contribution in [3.05, 3.63) is 78.6 Å². The normalized spacial score (nSPS) is 10.8. The molecular weight excluding hydrogens is 290 g/mol. The Morgan fingerprint density at radius 1 is 1.17 bits per heavy atom. The van der Waals surface area contributed by atoms with Gasteiger partial charge in [-0.1, -0.05) is 18.2 Å². The lowest BCUT2D eigenvalue weighted by atomic mass is 10.1. The number of para-hydroxylation sites is 1. The smallest absolute Gasteiger partial charge is 0.248 e. The number of rotatable bonds is 5. The highest BCUT2D eigenvalue weighted by molar-refractivity contribution is 6.02. The molecule has 0 spiro atoms. The minimum absolute atomic E-state index is 0.219. The standard InChI is InChI=1S/C17H15N5O/c23-17(7-6-15-12-18-9-10-19-15)21-16-5-2-1-4-14(16)13-22-11-3-8-20-22/h1-12H,13H2,(H,21,23)/b7-6+. The van der Waals surface area contributed by atoms with Gasteiger partial charge in [-0.15, -0.1) is 0 Å². The maximum Gasteiger partial charge on any atom is 0.248 e. The first-order valence-electron chi connectivity index (χ1n) is 7.12. The first kappa shape index (κ1) is 14.6. The summed E-state index contributed by atoms with van der Waals surface area (Å²) in [4.78, 5) is 20.1. The Balaban J connectivity index is 1.70. The van der Waals surface area contributed by atoms with Crippen LogP contribution in [-0.4, -0.2) is 25.7 Å². The first-order valence-corrected chi connectivity index (χ1v) is 7.12.